The average molecular weight is 355 g/mol. The summed E-state index contributed by atoms with van der Waals surface area (Å²) in [4.78, 5) is 2.55. The van der Waals surface area contributed by atoms with Gasteiger partial charge in [-0.15, -0.1) is 0 Å². The number of methoxy groups -OCH3 is 1. The molecule has 3 nitrogen and oxygen atoms in total. The van der Waals surface area contributed by atoms with Crippen molar-refractivity contribution in [3.63, 3.8) is 0 Å². The Kier molecular flexibility index (Phi) is 6.52. The van der Waals surface area contributed by atoms with Crippen molar-refractivity contribution in [2.24, 2.45) is 0 Å². The molecule has 0 aromatic heterocycles. The summed E-state index contributed by atoms with van der Waals surface area (Å²) < 4.78 is 6.32. The number of likely N-dealkylation sites (tertiary alicyclic amines) is 1. The highest BCUT2D eigenvalue weighted by Crippen LogP contribution is 2.28. The summed E-state index contributed by atoms with van der Waals surface area (Å²) in [6.07, 6.45) is 3.82. The van der Waals surface area contributed by atoms with E-state index in [1.165, 1.54) is 44.5 Å². The molecule has 1 aromatic carbocycles. The lowest BCUT2D eigenvalue weighted by molar-refractivity contribution is 0.295. The van der Waals surface area contributed by atoms with Gasteiger partial charge in [-0.1, -0.05) is 13.0 Å². The van der Waals surface area contributed by atoms with Crippen LogP contribution in [0.1, 0.15) is 44.7 Å². The van der Waals surface area contributed by atoms with E-state index in [4.69, 9.17) is 4.74 Å². The second-order valence-corrected chi connectivity index (χ2v) is 6.70. The van der Waals surface area contributed by atoms with Gasteiger partial charge in [0.1, 0.15) is 5.75 Å². The Morgan fingerprint density at radius 2 is 2.19 bits per heavy atom. The van der Waals surface area contributed by atoms with E-state index in [9.17, 15) is 0 Å². The largest absolute Gasteiger partial charge is 0.496 e. The third kappa shape index (κ3) is 4.70. The van der Waals surface area contributed by atoms with Crippen molar-refractivity contribution in [3.05, 3.63) is 28.2 Å². The summed E-state index contributed by atoms with van der Waals surface area (Å²) in [7, 11) is 1.70. The third-order valence-corrected chi connectivity index (χ3v) is 5.05. The Labute approximate surface area is 137 Å². The molecule has 118 valence electrons. The number of rotatable bonds is 5. The van der Waals surface area contributed by atoms with Crippen molar-refractivity contribution in [2.45, 2.75) is 45.2 Å². The molecule has 0 spiro atoms. The van der Waals surface area contributed by atoms with Crippen molar-refractivity contribution < 1.29 is 4.74 Å². The molecule has 1 N–H and O–H groups in total. The molecule has 0 radical (unpaired) electrons. The smallest absolute Gasteiger partial charge is 0.133 e. The topological polar surface area (TPSA) is 24.5 Å². The molecule has 21 heavy (non-hydrogen) atoms. The van der Waals surface area contributed by atoms with Crippen LogP contribution >= 0.6 is 15.9 Å². The van der Waals surface area contributed by atoms with Crippen molar-refractivity contribution in [3.8, 4) is 5.75 Å². The molecule has 1 saturated heterocycles. The molecular formula is C17H27BrN2O. The maximum atomic E-state index is 5.30. The number of ether oxygens (including phenoxy) is 1. The van der Waals surface area contributed by atoms with Gasteiger partial charge in [-0.05, 0) is 79.4 Å². The van der Waals surface area contributed by atoms with Crippen LogP contribution < -0.4 is 10.1 Å². The maximum absolute atomic E-state index is 5.30. The van der Waals surface area contributed by atoms with Crippen molar-refractivity contribution >= 4 is 15.9 Å². The molecule has 1 aromatic rings. The maximum Gasteiger partial charge on any atom is 0.133 e. The monoisotopic (exact) mass is 354 g/mol. The van der Waals surface area contributed by atoms with Gasteiger partial charge in [0, 0.05) is 12.1 Å². The molecule has 0 amide bonds. The minimum Gasteiger partial charge on any atom is -0.496 e. The summed E-state index contributed by atoms with van der Waals surface area (Å²) in [5.41, 5.74) is 1.30. The Morgan fingerprint density at radius 1 is 1.38 bits per heavy atom. The lowest BCUT2D eigenvalue weighted by atomic mass is 10.0. The summed E-state index contributed by atoms with van der Waals surface area (Å²) in [6.45, 7) is 8.14. The van der Waals surface area contributed by atoms with Gasteiger partial charge in [0.2, 0.25) is 0 Å². The quantitative estimate of drug-likeness (QED) is 0.865. The lowest BCUT2D eigenvalue weighted by Gasteiger charge is -2.23. The predicted molar refractivity (Wildman–Crippen MR) is 92.0 cm³/mol. The van der Waals surface area contributed by atoms with Crippen LogP contribution in [0.2, 0.25) is 0 Å². The molecule has 2 unspecified atom stereocenters. The van der Waals surface area contributed by atoms with Gasteiger partial charge in [-0.3, -0.25) is 0 Å². The number of benzene rings is 1. The first kappa shape index (κ1) is 16.8. The molecule has 1 aliphatic heterocycles. The molecular weight excluding hydrogens is 328 g/mol. The van der Waals surface area contributed by atoms with Gasteiger partial charge >= 0.3 is 0 Å². The van der Waals surface area contributed by atoms with E-state index >= 15 is 0 Å². The molecule has 4 heteroatoms. The van der Waals surface area contributed by atoms with Gasteiger partial charge in [0.05, 0.1) is 11.6 Å². The summed E-state index contributed by atoms with van der Waals surface area (Å²) in [6, 6.07) is 7.33. The molecule has 2 rings (SSSR count). The number of hydrogen-bond acceptors (Lipinski definition) is 3. The van der Waals surface area contributed by atoms with Crippen LogP contribution in [0.25, 0.3) is 0 Å². The van der Waals surface area contributed by atoms with E-state index in [0.717, 1.165) is 10.2 Å². The van der Waals surface area contributed by atoms with E-state index in [1.54, 1.807) is 7.11 Å². The van der Waals surface area contributed by atoms with Crippen molar-refractivity contribution in [1.29, 1.82) is 0 Å². The van der Waals surface area contributed by atoms with Crippen LogP contribution in [0.15, 0.2) is 22.7 Å². The van der Waals surface area contributed by atoms with Gasteiger partial charge in [0.15, 0.2) is 0 Å². The van der Waals surface area contributed by atoms with Crippen LogP contribution in [-0.4, -0.2) is 37.7 Å². The highest BCUT2D eigenvalue weighted by atomic mass is 79.9. The Bertz CT molecular complexity index is 452. The highest BCUT2D eigenvalue weighted by Gasteiger charge is 2.18. The highest BCUT2D eigenvalue weighted by molar-refractivity contribution is 9.10. The third-order valence-electron chi connectivity index (χ3n) is 4.43. The standard InChI is InChI=1S/C17H27BrN2O/c1-4-20-10-5-6-15(9-11-20)19-13(2)14-7-8-17(21-3)16(18)12-14/h7-8,12-13,15,19H,4-6,9-11H2,1-3H3. The molecule has 1 fully saturated rings. The van der Waals surface area contributed by atoms with Gasteiger partial charge < -0.3 is 15.0 Å². The zero-order chi connectivity index (χ0) is 15.2. The predicted octanol–water partition coefficient (Wildman–Crippen LogP) is 3.98. The summed E-state index contributed by atoms with van der Waals surface area (Å²) >= 11 is 3.57. The molecule has 2 atom stereocenters. The number of halogens is 1. The Balaban J connectivity index is 1.94. The van der Waals surface area contributed by atoms with Crippen LogP contribution in [-0.2, 0) is 0 Å². The molecule has 0 bridgehead atoms. The second kappa shape index (κ2) is 8.16. The van der Waals surface area contributed by atoms with Gasteiger partial charge in [-0.2, -0.15) is 0 Å². The van der Waals surface area contributed by atoms with Crippen LogP contribution in [0.3, 0.4) is 0 Å². The fraction of sp³-hybridized carbons (Fsp3) is 0.647. The first-order chi connectivity index (χ1) is 10.1. The lowest BCUT2D eigenvalue weighted by Crippen LogP contribution is -2.33. The van der Waals surface area contributed by atoms with E-state index < -0.39 is 0 Å². The molecule has 0 aliphatic carbocycles. The minimum absolute atomic E-state index is 0.366. The van der Waals surface area contributed by atoms with E-state index in [1.807, 2.05) is 6.07 Å². The van der Waals surface area contributed by atoms with Crippen molar-refractivity contribution in [2.75, 3.05) is 26.7 Å². The van der Waals surface area contributed by atoms with Gasteiger partial charge in [0.25, 0.3) is 0 Å². The molecule has 1 heterocycles. The summed E-state index contributed by atoms with van der Waals surface area (Å²) in [5, 5.41) is 3.80. The van der Waals surface area contributed by atoms with Crippen LogP contribution in [0.5, 0.6) is 5.75 Å². The van der Waals surface area contributed by atoms with Crippen LogP contribution in [0.4, 0.5) is 0 Å². The zero-order valence-electron chi connectivity index (χ0n) is 13.4. The fourth-order valence-electron chi connectivity index (χ4n) is 3.04. The SMILES string of the molecule is CCN1CCCC(NC(C)c2ccc(OC)c(Br)c2)CC1. The summed E-state index contributed by atoms with van der Waals surface area (Å²) in [5.74, 6) is 0.888. The first-order valence-corrected chi connectivity index (χ1v) is 8.75. The zero-order valence-corrected chi connectivity index (χ0v) is 14.9. The minimum atomic E-state index is 0.366. The van der Waals surface area contributed by atoms with E-state index in [0.29, 0.717) is 12.1 Å². The van der Waals surface area contributed by atoms with E-state index in [-0.39, 0.29) is 0 Å². The number of nitrogens with one attached hydrogen (secondary N) is 1. The Morgan fingerprint density at radius 3 is 2.86 bits per heavy atom. The number of nitrogens with zero attached hydrogens (tertiary/aromatic N) is 1. The second-order valence-electron chi connectivity index (χ2n) is 5.84. The fourth-order valence-corrected chi connectivity index (χ4v) is 3.60. The molecule has 1 aliphatic rings. The Hall–Kier alpha value is -0.580. The average Bonchev–Trinajstić information content (AvgIpc) is 2.72. The normalized spacial score (nSPS) is 21.8. The van der Waals surface area contributed by atoms with Crippen molar-refractivity contribution in [1.82, 2.24) is 10.2 Å². The number of hydrogen-bond donors (Lipinski definition) is 1. The first-order valence-electron chi connectivity index (χ1n) is 7.96. The van der Waals surface area contributed by atoms with Gasteiger partial charge in [-0.25, -0.2) is 0 Å². The van der Waals surface area contributed by atoms with Crippen LogP contribution in [0, 0.1) is 0 Å². The molecule has 0 saturated carbocycles. The van der Waals surface area contributed by atoms with E-state index in [2.05, 4.69) is 52.1 Å².